The van der Waals surface area contributed by atoms with Gasteiger partial charge in [-0.15, -0.1) is 0 Å². The molecule has 0 fully saturated rings. The van der Waals surface area contributed by atoms with Crippen LogP contribution in [0.5, 0.6) is 0 Å². The molecule has 3 amide bonds. The fourth-order valence-electron chi connectivity index (χ4n) is 2.69. The van der Waals surface area contributed by atoms with Crippen LogP contribution in [0.3, 0.4) is 0 Å². The van der Waals surface area contributed by atoms with Gasteiger partial charge in [-0.25, -0.2) is 0 Å². The molecule has 13 heteroatoms. The molecule has 0 aliphatic carbocycles. The van der Waals surface area contributed by atoms with Crippen molar-refractivity contribution < 1.29 is 24.3 Å². The Morgan fingerprint density at radius 1 is 1.00 bits per heavy atom. The molecule has 0 aliphatic heterocycles. The maximum absolute atomic E-state index is 12.9. The number of aliphatic imine (C=N–C) groups is 1. The first kappa shape index (κ1) is 29.5. The monoisotopic (exact) mass is 475 g/mol. The van der Waals surface area contributed by atoms with Gasteiger partial charge in [-0.1, -0.05) is 13.8 Å². The zero-order valence-corrected chi connectivity index (χ0v) is 19.7. The molecule has 0 aromatic rings. The number of thioether (sulfide) groups is 1. The van der Waals surface area contributed by atoms with Crippen molar-refractivity contribution in [3.05, 3.63) is 0 Å². The Morgan fingerprint density at radius 2 is 1.62 bits per heavy atom. The predicted molar refractivity (Wildman–Crippen MR) is 125 cm³/mol. The quantitative estimate of drug-likeness (QED) is 0.0771. The zero-order valence-electron chi connectivity index (χ0n) is 18.9. The number of aliphatic carboxylic acids is 1. The van der Waals surface area contributed by atoms with Crippen LogP contribution in [0, 0.1) is 5.92 Å². The van der Waals surface area contributed by atoms with Crippen LogP contribution in [0.15, 0.2) is 4.99 Å². The lowest BCUT2D eigenvalue weighted by Crippen LogP contribution is -2.56. The maximum atomic E-state index is 12.9. The molecule has 32 heavy (non-hydrogen) atoms. The number of carbonyl (C=O) groups is 4. The van der Waals surface area contributed by atoms with Crippen molar-refractivity contribution in [2.75, 3.05) is 25.1 Å². The van der Waals surface area contributed by atoms with Crippen LogP contribution in [0.2, 0.25) is 0 Å². The standard InChI is InChI=1S/C19H37N7O5S/c1-11(2)9-14(26-16(29)12(20)6-8-32-3)18(31)25-13(5-4-7-23-19(21)22)17(30)24-10-15(27)28/h11-14H,4-10,20H2,1-3H3,(H,24,30)(H,25,31)(H,26,29)(H,27,28)(H4,21,22,23). The molecule has 0 spiro atoms. The maximum Gasteiger partial charge on any atom is 0.322 e. The predicted octanol–water partition coefficient (Wildman–Crippen LogP) is -1.66. The summed E-state index contributed by atoms with van der Waals surface area (Å²) in [5.41, 5.74) is 16.5. The summed E-state index contributed by atoms with van der Waals surface area (Å²) < 4.78 is 0. The minimum absolute atomic E-state index is 0.0784. The first-order chi connectivity index (χ1) is 15.0. The van der Waals surface area contributed by atoms with Gasteiger partial charge in [0.25, 0.3) is 0 Å². The van der Waals surface area contributed by atoms with Crippen molar-refractivity contribution >= 4 is 41.4 Å². The summed E-state index contributed by atoms with van der Waals surface area (Å²) in [7, 11) is 0. The highest BCUT2D eigenvalue weighted by Gasteiger charge is 2.28. The molecule has 184 valence electrons. The molecule has 0 aromatic carbocycles. The minimum atomic E-state index is -1.21. The van der Waals surface area contributed by atoms with Crippen molar-refractivity contribution in [3.63, 3.8) is 0 Å². The summed E-state index contributed by atoms with van der Waals surface area (Å²) in [5.74, 6) is -2.18. The van der Waals surface area contributed by atoms with E-state index in [0.717, 1.165) is 0 Å². The number of hydrogen-bond donors (Lipinski definition) is 7. The molecule has 3 atom stereocenters. The lowest BCUT2D eigenvalue weighted by Gasteiger charge is -2.25. The number of nitrogens with two attached hydrogens (primary N) is 3. The third kappa shape index (κ3) is 13.7. The fraction of sp³-hybridized carbons (Fsp3) is 0.737. The molecule has 0 aliphatic rings. The molecule has 0 heterocycles. The second-order valence-corrected chi connectivity index (χ2v) is 8.69. The topological polar surface area (TPSA) is 215 Å². The van der Waals surface area contributed by atoms with E-state index in [4.69, 9.17) is 22.3 Å². The van der Waals surface area contributed by atoms with Crippen LogP contribution in [-0.4, -0.2) is 78.0 Å². The summed E-state index contributed by atoms with van der Waals surface area (Å²) in [6.07, 6.45) is 3.24. The second kappa shape index (κ2) is 16.1. The first-order valence-electron chi connectivity index (χ1n) is 10.4. The molecule has 3 unspecified atom stereocenters. The average Bonchev–Trinajstić information content (AvgIpc) is 2.70. The van der Waals surface area contributed by atoms with Crippen molar-refractivity contribution in [1.29, 1.82) is 0 Å². The number of hydrogen-bond acceptors (Lipinski definition) is 7. The SMILES string of the molecule is CSCCC(N)C(=O)NC(CC(C)C)C(=O)NC(CCCN=C(N)N)C(=O)NCC(=O)O. The van der Waals surface area contributed by atoms with Crippen LogP contribution in [0.1, 0.15) is 39.5 Å². The molecule has 12 nitrogen and oxygen atoms in total. The Hall–Kier alpha value is -2.54. The van der Waals surface area contributed by atoms with Gasteiger partial charge in [-0.05, 0) is 43.6 Å². The lowest BCUT2D eigenvalue weighted by atomic mass is 10.0. The molecule has 0 radical (unpaired) electrons. The van der Waals surface area contributed by atoms with Gasteiger partial charge in [-0.2, -0.15) is 11.8 Å². The van der Waals surface area contributed by atoms with E-state index in [1.165, 1.54) is 0 Å². The van der Waals surface area contributed by atoms with E-state index >= 15 is 0 Å². The minimum Gasteiger partial charge on any atom is -0.480 e. The van der Waals surface area contributed by atoms with Crippen LogP contribution in [0.25, 0.3) is 0 Å². The van der Waals surface area contributed by atoms with Gasteiger partial charge in [0, 0.05) is 6.54 Å². The second-order valence-electron chi connectivity index (χ2n) is 7.70. The number of rotatable bonds is 16. The summed E-state index contributed by atoms with van der Waals surface area (Å²) in [5, 5.41) is 16.3. The highest BCUT2D eigenvalue weighted by Crippen LogP contribution is 2.08. The van der Waals surface area contributed by atoms with Crippen LogP contribution < -0.4 is 33.2 Å². The largest absolute Gasteiger partial charge is 0.480 e. The highest BCUT2D eigenvalue weighted by molar-refractivity contribution is 7.98. The van der Waals surface area contributed by atoms with E-state index in [2.05, 4.69) is 20.9 Å². The van der Waals surface area contributed by atoms with Crippen molar-refractivity contribution in [1.82, 2.24) is 16.0 Å². The number of amides is 3. The van der Waals surface area contributed by atoms with Crippen LogP contribution >= 0.6 is 11.8 Å². The van der Waals surface area contributed by atoms with Crippen molar-refractivity contribution in [2.45, 2.75) is 57.7 Å². The Labute approximate surface area is 192 Å². The number of nitrogens with one attached hydrogen (secondary N) is 3. The molecule has 0 saturated carbocycles. The van der Waals surface area contributed by atoms with Gasteiger partial charge in [0.05, 0.1) is 6.04 Å². The third-order valence-electron chi connectivity index (χ3n) is 4.30. The van der Waals surface area contributed by atoms with Gasteiger partial charge >= 0.3 is 5.97 Å². The summed E-state index contributed by atoms with van der Waals surface area (Å²) in [6, 6.07) is -2.66. The Balaban J connectivity index is 5.27. The van der Waals surface area contributed by atoms with Gasteiger partial charge in [0.1, 0.15) is 18.6 Å². The van der Waals surface area contributed by atoms with Gasteiger partial charge in [-0.3, -0.25) is 24.2 Å². The van der Waals surface area contributed by atoms with Crippen LogP contribution in [0.4, 0.5) is 0 Å². The molecular formula is C19H37N7O5S. The van der Waals surface area contributed by atoms with E-state index in [-0.39, 0.29) is 24.8 Å². The number of carboxylic acid groups (broad SMARTS) is 1. The van der Waals surface area contributed by atoms with E-state index in [0.29, 0.717) is 25.0 Å². The van der Waals surface area contributed by atoms with E-state index in [9.17, 15) is 19.2 Å². The Bertz CT molecular complexity index is 656. The van der Waals surface area contributed by atoms with Gasteiger partial charge < -0.3 is 38.3 Å². The third-order valence-corrected chi connectivity index (χ3v) is 4.95. The smallest absolute Gasteiger partial charge is 0.322 e. The Kier molecular flexibility index (Phi) is 14.9. The summed E-state index contributed by atoms with van der Waals surface area (Å²) in [4.78, 5) is 52.3. The van der Waals surface area contributed by atoms with E-state index < -0.39 is 48.4 Å². The molecule has 10 N–H and O–H groups in total. The summed E-state index contributed by atoms with van der Waals surface area (Å²) >= 11 is 1.56. The van der Waals surface area contributed by atoms with E-state index in [1.54, 1.807) is 11.8 Å². The van der Waals surface area contributed by atoms with Gasteiger partial charge in [0.15, 0.2) is 5.96 Å². The van der Waals surface area contributed by atoms with Crippen molar-refractivity contribution in [3.8, 4) is 0 Å². The number of nitrogens with zero attached hydrogens (tertiary/aromatic N) is 1. The lowest BCUT2D eigenvalue weighted by molar-refractivity contribution is -0.138. The van der Waals surface area contributed by atoms with E-state index in [1.807, 2.05) is 20.1 Å². The molecule has 0 rings (SSSR count). The molecule has 0 aromatic heterocycles. The average molecular weight is 476 g/mol. The fourth-order valence-corrected chi connectivity index (χ4v) is 3.18. The molecule has 0 bridgehead atoms. The number of carboxylic acids is 1. The molecular weight excluding hydrogens is 438 g/mol. The zero-order chi connectivity index (χ0) is 24.7. The normalized spacial score (nSPS) is 13.5. The highest BCUT2D eigenvalue weighted by atomic mass is 32.2. The number of carbonyl (C=O) groups excluding carboxylic acids is 3. The molecule has 0 saturated heterocycles. The number of guanidine groups is 1. The summed E-state index contributed by atoms with van der Waals surface area (Å²) in [6.45, 7) is 3.44. The van der Waals surface area contributed by atoms with Crippen LogP contribution in [-0.2, 0) is 19.2 Å². The first-order valence-corrected chi connectivity index (χ1v) is 11.8. The van der Waals surface area contributed by atoms with Crippen molar-refractivity contribution in [2.24, 2.45) is 28.1 Å². The van der Waals surface area contributed by atoms with Gasteiger partial charge in [0.2, 0.25) is 17.7 Å². The Morgan fingerprint density at radius 3 is 2.16 bits per heavy atom.